The molecule has 1 N–H and O–H groups in total. The number of rotatable bonds is 3. The van der Waals surface area contributed by atoms with E-state index >= 15 is 0 Å². The number of likely N-dealkylation sites (tertiary alicyclic amines) is 1. The summed E-state index contributed by atoms with van der Waals surface area (Å²) >= 11 is 1.50. The Balaban J connectivity index is 1.70. The molecule has 1 atom stereocenters. The van der Waals surface area contributed by atoms with E-state index in [1.165, 1.54) is 11.3 Å². The second-order valence-electron chi connectivity index (χ2n) is 7.90. The van der Waals surface area contributed by atoms with Crippen LogP contribution in [0.2, 0.25) is 0 Å². The fourth-order valence-electron chi connectivity index (χ4n) is 4.47. The predicted molar refractivity (Wildman–Crippen MR) is 114 cm³/mol. The van der Waals surface area contributed by atoms with Gasteiger partial charge < -0.3 is 15.1 Å². The van der Waals surface area contributed by atoms with E-state index < -0.39 is 0 Å². The summed E-state index contributed by atoms with van der Waals surface area (Å²) in [5.74, 6) is -0.0742. The molecule has 4 rings (SSSR count). The van der Waals surface area contributed by atoms with Crippen molar-refractivity contribution in [1.29, 1.82) is 0 Å². The van der Waals surface area contributed by atoms with Gasteiger partial charge in [-0.15, -0.1) is 11.3 Å². The van der Waals surface area contributed by atoms with Crippen molar-refractivity contribution < 1.29 is 14.4 Å². The highest BCUT2D eigenvalue weighted by atomic mass is 32.1. The van der Waals surface area contributed by atoms with Crippen molar-refractivity contribution >= 4 is 39.1 Å². The van der Waals surface area contributed by atoms with Crippen molar-refractivity contribution in [3.05, 3.63) is 34.7 Å². The molecule has 2 saturated heterocycles. The average Bonchev–Trinajstić information content (AvgIpc) is 2.90. The van der Waals surface area contributed by atoms with Gasteiger partial charge in [-0.3, -0.25) is 14.4 Å². The Morgan fingerprint density at radius 2 is 2.00 bits per heavy atom. The topological polar surface area (TPSA) is 69.7 Å². The molecule has 6 nitrogen and oxygen atoms in total. The zero-order valence-electron chi connectivity index (χ0n) is 16.8. The molecule has 1 aromatic carbocycles. The quantitative estimate of drug-likeness (QED) is 0.841. The van der Waals surface area contributed by atoms with Gasteiger partial charge in [0.25, 0.3) is 5.91 Å². The van der Waals surface area contributed by atoms with Gasteiger partial charge in [-0.1, -0.05) is 31.0 Å². The van der Waals surface area contributed by atoms with Gasteiger partial charge in [-0.2, -0.15) is 0 Å². The lowest BCUT2D eigenvalue weighted by Gasteiger charge is -2.30. The molecule has 3 amide bonds. The Bertz CT molecular complexity index is 939. The van der Waals surface area contributed by atoms with Crippen molar-refractivity contribution in [2.45, 2.75) is 45.1 Å². The molecule has 2 aliphatic rings. The minimum absolute atomic E-state index is 0.0703. The van der Waals surface area contributed by atoms with E-state index in [9.17, 15) is 14.4 Å². The van der Waals surface area contributed by atoms with Gasteiger partial charge in [0.2, 0.25) is 11.8 Å². The Morgan fingerprint density at radius 1 is 1.17 bits per heavy atom. The molecule has 7 heteroatoms. The van der Waals surface area contributed by atoms with Crippen LogP contribution >= 0.6 is 11.3 Å². The number of carbonyl (C=O) groups excluding carboxylic acids is 3. The maximum absolute atomic E-state index is 13.3. The van der Waals surface area contributed by atoms with Crippen molar-refractivity contribution in [2.24, 2.45) is 0 Å². The summed E-state index contributed by atoms with van der Waals surface area (Å²) < 4.78 is 1.08. The molecule has 1 aromatic heterocycles. The zero-order chi connectivity index (χ0) is 20.4. The van der Waals surface area contributed by atoms with Gasteiger partial charge in [-0.25, -0.2) is 0 Å². The van der Waals surface area contributed by atoms with Crippen LogP contribution in [0.3, 0.4) is 0 Å². The van der Waals surface area contributed by atoms with Gasteiger partial charge in [0.1, 0.15) is 0 Å². The second-order valence-corrected chi connectivity index (χ2v) is 8.95. The van der Waals surface area contributed by atoms with Crippen LogP contribution in [0, 0.1) is 0 Å². The molecule has 29 heavy (non-hydrogen) atoms. The van der Waals surface area contributed by atoms with Crippen molar-refractivity contribution in [1.82, 2.24) is 15.1 Å². The van der Waals surface area contributed by atoms with Crippen LogP contribution in [0.1, 0.15) is 47.8 Å². The Hall–Kier alpha value is -2.41. The van der Waals surface area contributed by atoms with Gasteiger partial charge >= 0.3 is 0 Å². The number of hydrogen-bond donors (Lipinski definition) is 1. The fraction of sp³-hybridized carbons (Fsp3) is 0.500. The molecular weight excluding hydrogens is 386 g/mol. The predicted octanol–water partition coefficient (Wildman–Crippen LogP) is 2.81. The molecule has 3 heterocycles. The first-order chi connectivity index (χ1) is 14.0. The monoisotopic (exact) mass is 413 g/mol. The maximum Gasteiger partial charge on any atom is 0.264 e. The normalized spacial score (nSPS) is 20.4. The Kier molecular flexibility index (Phi) is 5.85. The molecule has 1 unspecified atom stereocenters. The summed E-state index contributed by atoms with van der Waals surface area (Å²) in [5.41, 5.74) is 1.03. The SMILES string of the molecule is CC(=O)N1CCCCCC1Cc1c(C(=O)N2CCNC(=O)C2)sc2ccccc12. The lowest BCUT2D eigenvalue weighted by Crippen LogP contribution is -2.50. The highest BCUT2D eigenvalue weighted by molar-refractivity contribution is 7.21. The number of nitrogens with one attached hydrogen (secondary N) is 1. The van der Waals surface area contributed by atoms with Gasteiger partial charge in [0.15, 0.2) is 0 Å². The van der Waals surface area contributed by atoms with Gasteiger partial charge in [-0.05, 0) is 36.3 Å². The highest BCUT2D eigenvalue weighted by Gasteiger charge is 2.30. The number of piperazine rings is 1. The van der Waals surface area contributed by atoms with Crippen molar-refractivity contribution in [3.63, 3.8) is 0 Å². The van der Waals surface area contributed by atoms with E-state index in [0.717, 1.165) is 47.9 Å². The summed E-state index contributed by atoms with van der Waals surface area (Å²) in [6.07, 6.45) is 4.93. The number of nitrogens with zero attached hydrogens (tertiary/aromatic N) is 2. The summed E-state index contributed by atoms with van der Waals surface area (Å²) in [4.78, 5) is 41.7. The standard InChI is InChI=1S/C22H27N3O3S/c1-15(26)25-11-6-2-3-7-16(25)13-18-17-8-4-5-9-19(17)29-21(18)22(28)24-12-10-23-20(27)14-24/h4-5,8-9,16H,2-3,6-7,10-14H2,1H3,(H,23,27). The molecule has 0 aliphatic carbocycles. The maximum atomic E-state index is 13.3. The van der Waals surface area contributed by atoms with Crippen LogP contribution in [-0.2, 0) is 16.0 Å². The minimum atomic E-state index is -0.112. The van der Waals surface area contributed by atoms with Crippen LogP contribution in [0.25, 0.3) is 10.1 Å². The molecule has 2 aromatic rings. The van der Waals surface area contributed by atoms with E-state index in [4.69, 9.17) is 0 Å². The molecule has 0 spiro atoms. The number of benzene rings is 1. The number of carbonyl (C=O) groups is 3. The van der Waals surface area contributed by atoms with Gasteiger partial charge in [0.05, 0.1) is 11.4 Å². The summed E-state index contributed by atoms with van der Waals surface area (Å²) in [6.45, 7) is 3.56. The Labute approximate surface area is 174 Å². The molecular formula is C22H27N3O3S. The molecule has 2 aliphatic heterocycles. The van der Waals surface area contributed by atoms with E-state index in [-0.39, 0.29) is 30.3 Å². The molecule has 0 saturated carbocycles. The van der Waals surface area contributed by atoms with Crippen molar-refractivity contribution in [2.75, 3.05) is 26.2 Å². The van der Waals surface area contributed by atoms with E-state index in [2.05, 4.69) is 11.4 Å². The van der Waals surface area contributed by atoms with Crippen molar-refractivity contribution in [3.8, 4) is 0 Å². The first kappa shape index (κ1) is 19.9. The second kappa shape index (κ2) is 8.53. The molecule has 154 valence electrons. The third kappa shape index (κ3) is 4.15. The number of amides is 3. The van der Waals surface area contributed by atoms with Crippen LogP contribution in [0.15, 0.2) is 24.3 Å². The molecule has 0 radical (unpaired) electrons. The summed E-state index contributed by atoms with van der Waals surface area (Å²) in [7, 11) is 0. The van der Waals surface area contributed by atoms with Crippen LogP contribution in [0.5, 0.6) is 0 Å². The molecule has 0 bridgehead atoms. The van der Waals surface area contributed by atoms with Crippen LogP contribution < -0.4 is 5.32 Å². The third-order valence-corrected chi connectivity index (χ3v) is 7.14. The van der Waals surface area contributed by atoms with Gasteiger partial charge in [0, 0.05) is 37.3 Å². The number of thiophene rings is 1. The van der Waals surface area contributed by atoms with E-state index in [0.29, 0.717) is 24.4 Å². The number of fused-ring (bicyclic) bond motifs is 1. The summed E-state index contributed by atoms with van der Waals surface area (Å²) in [6, 6.07) is 8.20. The first-order valence-electron chi connectivity index (χ1n) is 10.4. The van der Waals surface area contributed by atoms with Crippen LogP contribution in [0.4, 0.5) is 0 Å². The third-order valence-electron chi connectivity index (χ3n) is 5.94. The van der Waals surface area contributed by atoms with E-state index in [1.807, 2.05) is 23.1 Å². The molecule has 2 fully saturated rings. The largest absolute Gasteiger partial charge is 0.353 e. The Morgan fingerprint density at radius 3 is 2.79 bits per heavy atom. The highest BCUT2D eigenvalue weighted by Crippen LogP contribution is 2.35. The number of hydrogen-bond acceptors (Lipinski definition) is 4. The lowest BCUT2D eigenvalue weighted by atomic mass is 9.97. The summed E-state index contributed by atoms with van der Waals surface area (Å²) in [5, 5.41) is 3.87. The minimum Gasteiger partial charge on any atom is -0.353 e. The lowest BCUT2D eigenvalue weighted by molar-refractivity contribution is -0.131. The smallest absolute Gasteiger partial charge is 0.264 e. The van der Waals surface area contributed by atoms with E-state index in [1.54, 1.807) is 11.8 Å². The first-order valence-corrected chi connectivity index (χ1v) is 11.2. The average molecular weight is 414 g/mol. The zero-order valence-corrected chi connectivity index (χ0v) is 17.6. The van der Waals surface area contributed by atoms with Crippen LogP contribution in [-0.4, -0.2) is 59.7 Å². The fourth-order valence-corrected chi connectivity index (χ4v) is 5.67.